The van der Waals surface area contributed by atoms with E-state index >= 15 is 0 Å². The first-order valence-corrected chi connectivity index (χ1v) is 8.75. The fourth-order valence-corrected chi connectivity index (χ4v) is 4.01. The Labute approximate surface area is 138 Å². The van der Waals surface area contributed by atoms with Crippen molar-refractivity contribution < 1.29 is 9.59 Å². The normalized spacial score (nSPS) is 25.6. The lowest BCUT2D eigenvalue weighted by atomic mass is 9.84. The molecule has 1 aliphatic heterocycles. The molecule has 2 fully saturated rings. The van der Waals surface area contributed by atoms with Crippen LogP contribution in [0, 0.1) is 11.8 Å². The van der Waals surface area contributed by atoms with Crippen molar-refractivity contribution in [3.8, 4) is 0 Å². The standard InChI is InChI=1S/C19H26N2O2/c1-21-17(22)12-11-16(18(21)15-9-3-2-4-10-15)19(23)20-13-14-7-5-6-8-14/h2-4,9-10,14,16,18H,5-8,11-13H2,1H3,(H,20,23)/t16-,18-/m1/s1. The quantitative estimate of drug-likeness (QED) is 0.929. The minimum absolute atomic E-state index is 0.102. The van der Waals surface area contributed by atoms with Gasteiger partial charge in [0.1, 0.15) is 0 Å². The molecule has 23 heavy (non-hydrogen) atoms. The van der Waals surface area contributed by atoms with Crippen molar-refractivity contribution in [2.24, 2.45) is 11.8 Å². The summed E-state index contributed by atoms with van der Waals surface area (Å²) < 4.78 is 0. The monoisotopic (exact) mass is 314 g/mol. The average Bonchev–Trinajstić information content (AvgIpc) is 3.09. The molecule has 4 heteroatoms. The molecular formula is C19H26N2O2. The summed E-state index contributed by atoms with van der Waals surface area (Å²) in [6, 6.07) is 9.77. The molecule has 1 aromatic carbocycles. The summed E-state index contributed by atoms with van der Waals surface area (Å²) in [4.78, 5) is 26.6. The largest absolute Gasteiger partial charge is 0.356 e. The van der Waals surface area contributed by atoms with Crippen molar-refractivity contribution in [1.29, 1.82) is 0 Å². The molecule has 1 saturated heterocycles. The number of hydrogen-bond donors (Lipinski definition) is 1. The van der Waals surface area contributed by atoms with Gasteiger partial charge < -0.3 is 10.2 Å². The Kier molecular flexibility index (Phi) is 4.99. The molecular weight excluding hydrogens is 288 g/mol. The minimum Gasteiger partial charge on any atom is -0.356 e. The Balaban J connectivity index is 1.72. The number of rotatable bonds is 4. The maximum atomic E-state index is 12.7. The predicted octanol–water partition coefficient (Wildman–Crippen LogP) is 2.90. The van der Waals surface area contributed by atoms with Gasteiger partial charge in [-0.3, -0.25) is 9.59 Å². The number of carbonyl (C=O) groups excluding carboxylic acids is 2. The van der Waals surface area contributed by atoms with E-state index in [1.54, 1.807) is 4.90 Å². The van der Waals surface area contributed by atoms with Crippen LogP contribution in [0.4, 0.5) is 0 Å². The van der Waals surface area contributed by atoms with Gasteiger partial charge in [-0.1, -0.05) is 43.2 Å². The van der Waals surface area contributed by atoms with Crippen molar-refractivity contribution in [3.05, 3.63) is 35.9 Å². The molecule has 2 aliphatic rings. The van der Waals surface area contributed by atoms with Gasteiger partial charge in [-0.05, 0) is 30.7 Å². The number of carbonyl (C=O) groups is 2. The number of benzene rings is 1. The van der Waals surface area contributed by atoms with E-state index in [1.165, 1.54) is 25.7 Å². The predicted molar refractivity (Wildman–Crippen MR) is 89.6 cm³/mol. The third-order valence-electron chi connectivity index (χ3n) is 5.38. The summed E-state index contributed by atoms with van der Waals surface area (Å²) in [5.41, 5.74) is 1.05. The fraction of sp³-hybridized carbons (Fsp3) is 0.579. The van der Waals surface area contributed by atoms with Crippen LogP contribution >= 0.6 is 0 Å². The van der Waals surface area contributed by atoms with Gasteiger partial charge in [-0.25, -0.2) is 0 Å². The van der Waals surface area contributed by atoms with Crippen LogP contribution in [0.1, 0.15) is 50.1 Å². The van der Waals surface area contributed by atoms with E-state index in [4.69, 9.17) is 0 Å². The Hall–Kier alpha value is -1.84. The summed E-state index contributed by atoms with van der Waals surface area (Å²) in [6.45, 7) is 0.786. The summed E-state index contributed by atoms with van der Waals surface area (Å²) in [5, 5.41) is 3.15. The van der Waals surface area contributed by atoms with Gasteiger partial charge in [0.25, 0.3) is 0 Å². The molecule has 0 radical (unpaired) electrons. The summed E-state index contributed by atoms with van der Waals surface area (Å²) in [6.07, 6.45) is 6.12. The number of amides is 2. The second-order valence-electron chi connectivity index (χ2n) is 6.90. The highest BCUT2D eigenvalue weighted by Crippen LogP contribution is 2.36. The van der Waals surface area contributed by atoms with E-state index in [2.05, 4.69) is 5.32 Å². The molecule has 1 aromatic rings. The molecule has 2 amide bonds. The molecule has 124 valence electrons. The van der Waals surface area contributed by atoms with Crippen LogP contribution in [0.25, 0.3) is 0 Å². The van der Waals surface area contributed by atoms with Crippen LogP contribution in [0.2, 0.25) is 0 Å². The topological polar surface area (TPSA) is 49.4 Å². The molecule has 2 atom stereocenters. The lowest BCUT2D eigenvalue weighted by Crippen LogP contribution is -2.47. The number of likely N-dealkylation sites (tertiary alicyclic amines) is 1. The van der Waals surface area contributed by atoms with Crippen LogP contribution in [0.3, 0.4) is 0 Å². The van der Waals surface area contributed by atoms with Crippen molar-refractivity contribution in [1.82, 2.24) is 10.2 Å². The van der Waals surface area contributed by atoms with E-state index in [1.807, 2.05) is 37.4 Å². The van der Waals surface area contributed by atoms with Crippen molar-refractivity contribution in [2.45, 2.75) is 44.6 Å². The van der Waals surface area contributed by atoms with Gasteiger partial charge in [0.05, 0.1) is 12.0 Å². The zero-order chi connectivity index (χ0) is 16.2. The van der Waals surface area contributed by atoms with Crippen LogP contribution in [-0.2, 0) is 9.59 Å². The first kappa shape index (κ1) is 16.0. The van der Waals surface area contributed by atoms with Crippen molar-refractivity contribution in [3.63, 3.8) is 0 Å². The smallest absolute Gasteiger partial charge is 0.225 e. The van der Waals surface area contributed by atoms with E-state index in [0.717, 1.165) is 12.1 Å². The molecule has 1 N–H and O–H groups in total. The molecule has 0 unspecified atom stereocenters. The van der Waals surface area contributed by atoms with Crippen LogP contribution < -0.4 is 5.32 Å². The van der Waals surface area contributed by atoms with Crippen molar-refractivity contribution >= 4 is 11.8 Å². The second-order valence-corrected chi connectivity index (χ2v) is 6.90. The zero-order valence-corrected chi connectivity index (χ0v) is 13.8. The van der Waals surface area contributed by atoms with E-state index in [-0.39, 0.29) is 23.8 Å². The summed E-state index contributed by atoms with van der Waals surface area (Å²) in [5.74, 6) is 0.711. The van der Waals surface area contributed by atoms with E-state index < -0.39 is 0 Å². The first-order valence-electron chi connectivity index (χ1n) is 8.75. The Bertz CT molecular complexity index is 552. The summed E-state index contributed by atoms with van der Waals surface area (Å²) >= 11 is 0. The molecule has 4 nitrogen and oxygen atoms in total. The Morgan fingerprint density at radius 3 is 2.57 bits per heavy atom. The van der Waals surface area contributed by atoms with E-state index in [9.17, 15) is 9.59 Å². The number of piperidine rings is 1. The van der Waals surface area contributed by atoms with Crippen LogP contribution in [0.15, 0.2) is 30.3 Å². The van der Waals surface area contributed by atoms with Gasteiger partial charge in [0.15, 0.2) is 0 Å². The van der Waals surface area contributed by atoms with Gasteiger partial charge in [-0.2, -0.15) is 0 Å². The average molecular weight is 314 g/mol. The highest BCUT2D eigenvalue weighted by atomic mass is 16.2. The zero-order valence-electron chi connectivity index (χ0n) is 13.8. The minimum atomic E-state index is -0.152. The van der Waals surface area contributed by atoms with Gasteiger partial charge >= 0.3 is 0 Å². The number of hydrogen-bond acceptors (Lipinski definition) is 2. The Morgan fingerprint density at radius 2 is 1.87 bits per heavy atom. The molecule has 1 heterocycles. The van der Waals surface area contributed by atoms with Gasteiger partial charge in [0.2, 0.25) is 11.8 Å². The van der Waals surface area contributed by atoms with Crippen molar-refractivity contribution in [2.75, 3.05) is 13.6 Å². The SMILES string of the molecule is CN1C(=O)CC[C@@H](C(=O)NCC2CCCC2)[C@H]1c1ccccc1. The fourth-order valence-electron chi connectivity index (χ4n) is 4.01. The first-order chi connectivity index (χ1) is 11.2. The maximum Gasteiger partial charge on any atom is 0.225 e. The molecule has 1 saturated carbocycles. The lowest BCUT2D eigenvalue weighted by Gasteiger charge is -2.38. The van der Waals surface area contributed by atoms with Crippen LogP contribution in [-0.4, -0.2) is 30.3 Å². The highest BCUT2D eigenvalue weighted by Gasteiger charge is 2.38. The molecule has 0 spiro atoms. The molecule has 0 aromatic heterocycles. The van der Waals surface area contributed by atoms with E-state index in [0.29, 0.717) is 18.8 Å². The lowest BCUT2D eigenvalue weighted by molar-refractivity contribution is -0.141. The summed E-state index contributed by atoms with van der Waals surface area (Å²) in [7, 11) is 1.82. The number of nitrogens with one attached hydrogen (secondary N) is 1. The molecule has 3 rings (SSSR count). The van der Waals surface area contributed by atoms with Crippen LogP contribution in [0.5, 0.6) is 0 Å². The van der Waals surface area contributed by atoms with Gasteiger partial charge in [-0.15, -0.1) is 0 Å². The third-order valence-corrected chi connectivity index (χ3v) is 5.38. The maximum absolute atomic E-state index is 12.7. The van der Waals surface area contributed by atoms with Gasteiger partial charge in [0, 0.05) is 20.0 Å². The third kappa shape index (κ3) is 3.57. The highest BCUT2D eigenvalue weighted by molar-refractivity contribution is 5.84. The Morgan fingerprint density at radius 1 is 1.17 bits per heavy atom. The number of nitrogens with zero attached hydrogens (tertiary/aromatic N) is 1. The molecule has 0 bridgehead atoms. The second kappa shape index (κ2) is 7.16. The molecule has 1 aliphatic carbocycles.